The van der Waals surface area contributed by atoms with E-state index in [1.165, 1.54) is 18.4 Å². The number of piperidine rings is 1. The van der Waals surface area contributed by atoms with E-state index in [0.717, 1.165) is 67.0 Å². The van der Waals surface area contributed by atoms with Crippen molar-refractivity contribution in [2.24, 2.45) is 5.92 Å². The number of aromatic nitrogens is 3. The number of nitrogens with zero attached hydrogens (tertiary/aromatic N) is 3. The van der Waals surface area contributed by atoms with E-state index in [1.807, 2.05) is 36.4 Å². The van der Waals surface area contributed by atoms with Gasteiger partial charge in [-0.05, 0) is 86.5 Å². The van der Waals surface area contributed by atoms with Crippen LogP contribution < -0.4 is 5.32 Å². The molecule has 1 amide bonds. The topological polar surface area (TPSA) is 83.1 Å². The Morgan fingerprint density at radius 3 is 2.50 bits per heavy atom. The first-order chi connectivity index (χ1) is 18.7. The molecule has 7 rings (SSSR count). The standard InChI is InChI=1S/C31H33N5O2/c37-31(33-30(23-8-9-23)28-3-1-2-14-32-28)24-10-11-27-26(17-24)29(35-34-27)22-6-4-20(5-7-22)21-12-15-36(16-13-21)25-18-38-19-25/h1-7,10-11,14,17,21,23,25,30H,8-9,12-13,15-16,18-19H2,(H,33,37)(H,34,35)/t30-/m0/s1. The van der Waals surface area contributed by atoms with Crippen LogP contribution in [-0.2, 0) is 4.74 Å². The highest BCUT2D eigenvalue weighted by atomic mass is 16.5. The highest BCUT2D eigenvalue weighted by molar-refractivity contribution is 6.01. The van der Waals surface area contributed by atoms with E-state index in [-0.39, 0.29) is 11.9 Å². The van der Waals surface area contributed by atoms with Gasteiger partial charge in [0.25, 0.3) is 5.91 Å². The zero-order chi connectivity index (χ0) is 25.5. The second-order valence-electron chi connectivity index (χ2n) is 11.0. The van der Waals surface area contributed by atoms with Crippen molar-refractivity contribution in [3.63, 3.8) is 0 Å². The van der Waals surface area contributed by atoms with Crippen LogP contribution in [0.15, 0.2) is 66.9 Å². The molecule has 4 heterocycles. The van der Waals surface area contributed by atoms with E-state index in [0.29, 0.717) is 23.4 Å². The molecule has 2 N–H and O–H groups in total. The van der Waals surface area contributed by atoms with E-state index in [1.54, 1.807) is 6.20 Å². The lowest BCUT2D eigenvalue weighted by Crippen LogP contribution is -2.51. The van der Waals surface area contributed by atoms with Gasteiger partial charge in [0.1, 0.15) is 0 Å². The van der Waals surface area contributed by atoms with Gasteiger partial charge in [-0.3, -0.25) is 19.8 Å². The van der Waals surface area contributed by atoms with E-state index in [2.05, 4.69) is 49.7 Å². The molecule has 3 fully saturated rings. The second-order valence-corrected chi connectivity index (χ2v) is 11.0. The molecule has 2 aromatic heterocycles. The number of rotatable bonds is 7. The SMILES string of the molecule is O=C(N[C@H](c1ccccn1)C1CC1)c1ccc2[nH]nc(-c3ccc(C4CCN(C5COC5)CC4)cc3)c2c1. The summed E-state index contributed by atoms with van der Waals surface area (Å²) in [5, 5.41) is 12.0. The minimum absolute atomic E-state index is 0.0512. The molecule has 4 aromatic rings. The smallest absolute Gasteiger partial charge is 0.251 e. The third kappa shape index (κ3) is 4.61. The van der Waals surface area contributed by atoms with Gasteiger partial charge in [0.05, 0.1) is 42.2 Å². The number of hydrogen-bond donors (Lipinski definition) is 2. The quantitative estimate of drug-likeness (QED) is 0.364. The lowest BCUT2D eigenvalue weighted by atomic mass is 9.88. The van der Waals surface area contributed by atoms with Gasteiger partial charge in [-0.1, -0.05) is 30.3 Å². The number of hydrogen-bond acceptors (Lipinski definition) is 5. The van der Waals surface area contributed by atoms with E-state index in [4.69, 9.17) is 4.74 Å². The minimum Gasteiger partial charge on any atom is -0.378 e. The maximum Gasteiger partial charge on any atom is 0.251 e. The van der Waals surface area contributed by atoms with E-state index >= 15 is 0 Å². The van der Waals surface area contributed by atoms with Crippen LogP contribution in [0.1, 0.15) is 59.3 Å². The first-order valence-corrected chi connectivity index (χ1v) is 13.8. The first kappa shape index (κ1) is 23.6. The van der Waals surface area contributed by atoms with Gasteiger partial charge in [0.15, 0.2) is 0 Å². The molecule has 1 atom stereocenters. The average molecular weight is 508 g/mol. The zero-order valence-electron chi connectivity index (χ0n) is 21.5. The number of nitrogens with one attached hydrogen (secondary N) is 2. The van der Waals surface area contributed by atoms with Gasteiger partial charge in [-0.2, -0.15) is 5.10 Å². The van der Waals surface area contributed by atoms with Crippen LogP contribution in [0.25, 0.3) is 22.2 Å². The fourth-order valence-corrected chi connectivity index (χ4v) is 5.97. The Morgan fingerprint density at radius 2 is 1.82 bits per heavy atom. The lowest BCUT2D eigenvalue weighted by molar-refractivity contribution is -0.0712. The van der Waals surface area contributed by atoms with Crippen LogP contribution >= 0.6 is 0 Å². The van der Waals surface area contributed by atoms with Gasteiger partial charge in [0.2, 0.25) is 0 Å². The van der Waals surface area contributed by atoms with Crippen molar-refractivity contribution >= 4 is 16.8 Å². The number of aromatic amines is 1. The number of likely N-dealkylation sites (tertiary alicyclic amines) is 1. The van der Waals surface area contributed by atoms with E-state index in [9.17, 15) is 4.79 Å². The molecule has 0 radical (unpaired) electrons. The van der Waals surface area contributed by atoms with Crippen molar-refractivity contribution in [3.05, 3.63) is 83.7 Å². The van der Waals surface area contributed by atoms with Gasteiger partial charge in [0, 0.05) is 22.7 Å². The largest absolute Gasteiger partial charge is 0.378 e. The minimum atomic E-state index is -0.0724. The zero-order valence-corrected chi connectivity index (χ0v) is 21.5. The predicted molar refractivity (Wildman–Crippen MR) is 147 cm³/mol. The number of benzene rings is 2. The Morgan fingerprint density at radius 1 is 1.00 bits per heavy atom. The fourth-order valence-electron chi connectivity index (χ4n) is 5.97. The molecule has 194 valence electrons. The van der Waals surface area contributed by atoms with Gasteiger partial charge < -0.3 is 10.1 Å². The van der Waals surface area contributed by atoms with Crippen molar-refractivity contribution in [1.29, 1.82) is 0 Å². The summed E-state index contributed by atoms with van der Waals surface area (Å²) >= 11 is 0. The van der Waals surface area contributed by atoms with Crippen molar-refractivity contribution < 1.29 is 9.53 Å². The summed E-state index contributed by atoms with van der Waals surface area (Å²) < 4.78 is 5.37. The van der Waals surface area contributed by atoms with Crippen LogP contribution in [0.4, 0.5) is 0 Å². The molecular formula is C31H33N5O2. The third-order valence-corrected chi connectivity index (χ3v) is 8.53. The average Bonchev–Trinajstić information content (AvgIpc) is 3.70. The Kier molecular flexibility index (Phi) is 6.18. The first-order valence-electron chi connectivity index (χ1n) is 13.8. The number of H-pyrrole nitrogens is 1. The summed E-state index contributed by atoms with van der Waals surface area (Å²) in [6.07, 6.45) is 6.42. The maximum absolute atomic E-state index is 13.3. The highest BCUT2D eigenvalue weighted by Gasteiger charge is 2.34. The van der Waals surface area contributed by atoms with Crippen LogP contribution in [0.5, 0.6) is 0 Å². The fraction of sp³-hybridized carbons (Fsp3) is 0.387. The molecule has 38 heavy (non-hydrogen) atoms. The molecule has 7 nitrogen and oxygen atoms in total. The Balaban J connectivity index is 1.08. The number of carbonyl (C=O) groups excluding carboxylic acids is 1. The van der Waals surface area contributed by atoms with Crippen molar-refractivity contribution in [2.75, 3.05) is 26.3 Å². The number of amides is 1. The summed E-state index contributed by atoms with van der Waals surface area (Å²) in [5.74, 6) is 0.989. The predicted octanol–water partition coefficient (Wildman–Crippen LogP) is 5.08. The normalized spacial score (nSPS) is 19.8. The van der Waals surface area contributed by atoms with Crippen molar-refractivity contribution in [3.8, 4) is 11.3 Å². The molecule has 2 saturated heterocycles. The van der Waals surface area contributed by atoms with Crippen LogP contribution in [0.3, 0.4) is 0 Å². The molecule has 3 aliphatic rings. The van der Waals surface area contributed by atoms with Crippen LogP contribution in [0.2, 0.25) is 0 Å². The lowest BCUT2D eigenvalue weighted by Gasteiger charge is -2.41. The molecule has 2 aromatic carbocycles. The molecule has 0 spiro atoms. The Labute approximate surface area is 222 Å². The van der Waals surface area contributed by atoms with Gasteiger partial charge in [-0.15, -0.1) is 0 Å². The molecule has 1 saturated carbocycles. The molecule has 2 aliphatic heterocycles. The molecule has 0 bridgehead atoms. The molecule has 1 aliphatic carbocycles. The monoisotopic (exact) mass is 507 g/mol. The van der Waals surface area contributed by atoms with Crippen molar-refractivity contribution in [1.82, 2.24) is 25.4 Å². The summed E-state index contributed by atoms with van der Waals surface area (Å²) in [7, 11) is 0. The molecule has 7 heteroatoms. The third-order valence-electron chi connectivity index (χ3n) is 8.53. The van der Waals surface area contributed by atoms with Crippen LogP contribution in [-0.4, -0.2) is 58.3 Å². The summed E-state index contributed by atoms with van der Waals surface area (Å²) in [4.78, 5) is 20.4. The Bertz CT molecular complexity index is 1420. The highest BCUT2D eigenvalue weighted by Crippen LogP contribution is 2.40. The number of carbonyl (C=O) groups is 1. The Hall–Kier alpha value is -3.55. The van der Waals surface area contributed by atoms with Crippen LogP contribution in [0, 0.1) is 5.92 Å². The van der Waals surface area contributed by atoms with Gasteiger partial charge >= 0.3 is 0 Å². The van der Waals surface area contributed by atoms with Crippen molar-refractivity contribution in [2.45, 2.75) is 43.7 Å². The summed E-state index contributed by atoms with van der Waals surface area (Å²) in [5.41, 5.74) is 5.84. The second kappa shape index (κ2) is 9.97. The number of pyridine rings is 1. The summed E-state index contributed by atoms with van der Waals surface area (Å²) in [6, 6.07) is 21.1. The molecular weight excluding hydrogens is 474 g/mol. The number of ether oxygens (including phenoxy) is 1. The molecule has 0 unspecified atom stereocenters. The van der Waals surface area contributed by atoms with Gasteiger partial charge in [-0.25, -0.2) is 0 Å². The summed E-state index contributed by atoms with van der Waals surface area (Å²) in [6.45, 7) is 4.09. The van der Waals surface area contributed by atoms with E-state index < -0.39 is 0 Å². The number of fused-ring (bicyclic) bond motifs is 1. The maximum atomic E-state index is 13.3.